The zero-order valence-electron chi connectivity index (χ0n) is 14.4. The van der Waals surface area contributed by atoms with Gasteiger partial charge >= 0.3 is 0 Å². The van der Waals surface area contributed by atoms with E-state index in [1.165, 1.54) is 5.56 Å². The zero-order valence-corrected chi connectivity index (χ0v) is 15.2. The van der Waals surface area contributed by atoms with E-state index in [0.29, 0.717) is 17.1 Å². The molecule has 4 heteroatoms. The van der Waals surface area contributed by atoms with E-state index < -0.39 is 5.91 Å². The number of halogens is 1. The summed E-state index contributed by atoms with van der Waals surface area (Å²) in [6, 6.07) is 23.6. The maximum atomic E-state index is 11.3. The first-order valence-corrected chi connectivity index (χ1v) is 8.94. The van der Waals surface area contributed by atoms with Gasteiger partial charge in [0.15, 0.2) is 0 Å². The molecule has 3 aromatic carbocycles. The summed E-state index contributed by atoms with van der Waals surface area (Å²) in [6.45, 7) is 1.61. The van der Waals surface area contributed by atoms with Gasteiger partial charge in [0.2, 0.25) is 5.91 Å². The third-order valence-corrected chi connectivity index (χ3v) is 4.63. The summed E-state index contributed by atoms with van der Waals surface area (Å²) in [5.41, 5.74) is 10.1. The van der Waals surface area contributed by atoms with Crippen molar-refractivity contribution in [2.75, 3.05) is 6.54 Å². The standard InChI is InChI=1S/C22H21ClN2O/c23-21-14-18(17-7-4-8-19(13-17)22(24)26)9-10-20(21)15-25-12-11-16-5-2-1-3-6-16/h1-10,13-14,25H,11-12,15H2,(H2,24,26). The average Bonchev–Trinajstić information content (AvgIpc) is 2.67. The average molecular weight is 365 g/mol. The Balaban J connectivity index is 1.62. The molecule has 0 saturated heterocycles. The van der Waals surface area contributed by atoms with Crippen molar-refractivity contribution < 1.29 is 4.79 Å². The van der Waals surface area contributed by atoms with E-state index in [1.54, 1.807) is 12.1 Å². The van der Waals surface area contributed by atoms with E-state index in [0.717, 1.165) is 29.7 Å². The molecule has 3 N–H and O–H groups in total. The van der Waals surface area contributed by atoms with Crippen LogP contribution < -0.4 is 11.1 Å². The molecule has 0 atom stereocenters. The molecule has 0 aliphatic heterocycles. The lowest BCUT2D eigenvalue weighted by Gasteiger charge is -2.10. The zero-order chi connectivity index (χ0) is 18.4. The van der Waals surface area contributed by atoms with Gasteiger partial charge in [0.05, 0.1) is 0 Å². The van der Waals surface area contributed by atoms with Crippen LogP contribution in [0.3, 0.4) is 0 Å². The van der Waals surface area contributed by atoms with Crippen LogP contribution in [-0.2, 0) is 13.0 Å². The maximum absolute atomic E-state index is 11.3. The molecule has 3 rings (SSSR count). The van der Waals surface area contributed by atoms with Crippen LogP contribution in [0.1, 0.15) is 21.5 Å². The molecular formula is C22H21ClN2O. The van der Waals surface area contributed by atoms with Gasteiger partial charge in [-0.15, -0.1) is 0 Å². The molecule has 0 spiro atoms. The lowest BCUT2D eigenvalue weighted by Crippen LogP contribution is -2.16. The van der Waals surface area contributed by atoms with Gasteiger partial charge in [0, 0.05) is 17.1 Å². The minimum absolute atomic E-state index is 0.433. The lowest BCUT2D eigenvalue weighted by atomic mass is 10.0. The Morgan fingerprint density at radius 3 is 2.42 bits per heavy atom. The van der Waals surface area contributed by atoms with E-state index in [9.17, 15) is 4.79 Å². The van der Waals surface area contributed by atoms with Crippen molar-refractivity contribution in [3.8, 4) is 11.1 Å². The van der Waals surface area contributed by atoms with Crippen molar-refractivity contribution in [2.45, 2.75) is 13.0 Å². The summed E-state index contributed by atoms with van der Waals surface area (Å²) in [4.78, 5) is 11.3. The smallest absolute Gasteiger partial charge is 0.248 e. The van der Waals surface area contributed by atoms with Crippen molar-refractivity contribution in [2.24, 2.45) is 5.73 Å². The lowest BCUT2D eigenvalue weighted by molar-refractivity contribution is 0.100. The van der Waals surface area contributed by atoms with Crippen LogP contribution in [0.15, 0.2) is 72.8 Å². The predicted molar refractivity (Wildman–Crippen MR) is 107 cm³/mol. The van der Waals surface area contributed by atoms with Crippen LogP contribution in [0.4, 0.5) is 0 Å². The molecule has 132 valence electrons. The fourth-order valence-corrected chi connectivity index (χ4v) is 3.07. The molecule has 3 nitrogen and oxygen atoms in total. The normalized spacial score (nSPS) is 10.7. The highest BCUT2D eigenvalue weighted by Crippen LogP contribution is 2.26. The largest absolute Gasteiger partial charge is 0.366 e. The topological polar surface area (TPSA) is 55.1 Å². The number of hydrogen-bond acceptors (Lipinski definition) is 2. The second-order valence-corrected chi connectivity index (χ2v) is 6.57. The van der Waals surface area contributed by atoms with Crippen LogP contribution in [0.5, 0.6) is 0 Å². The van der Waals surface area contributed by atoms with Gasteiger partial charge in [-0.25, -0.2) is 0 Å². The predicted octanol–water partition coefficient (Wildman–Crippen LogP) is 4.44. The van der Waals surface area contributed by atoms with Gasteiger partial charge in [-0.3, -0.25) is 4.79 Å². The SMILES string of the molecule is NC(=O)c1cccc(-c2ccc(CNCCc3ccccc3)c(Cl)c2)c1. The molecule has 26 heavy (non-hydrogen) atoms. The van der Waals surface area contributed by atoms with Crippen molar-refractivity contribution >= 4 is 17.5 Å². The van der Waals surface area contributed by atoms with Gasteiger partial charge in [-0.1, -0.05) is 66.2 Å². The van der Waals surface area contributed by atoms with E-state index in [4.69, 9.17) is 17.3 Å². The van der Waals surface area contributed by atoms with Crippen LogP contribution in [0, 0.1) is 0 Å². The molecule has 0 unspecified atom stereocenters. The number of amides is 1. The highest BCUT2D eigenvalue weighted by atomic mass is 35.5. The first-order valence-electron chi connectivity index (χ1n) is 8.57. The highest BCUT2D eigenvalue weighted by molar-refractivity contribution is 6.31. The minimum Gasteiger partial charge on any atom is -0.366 e. The van der Waals surface area contributed by atoms with Gasteiger partial charge in [0.1, 0.15) is 0 Å². The Labute approximate surface area is 158 Å². The summed E-state index contributed by atoms with van der Waals surface area (Å²) in [5.74, 6) is -0.433. The van der Waals surface area contributed by atoms with E-state index in [2.05, 4.69) is 29.6 Å². The van der Waals surface area contributed by atoms with Gasteiger partial charge in [0.25, 0.3) is 0 Å². The molecular weight excluding hydrogens is 344 g/mol. The Hall–Kier alpha value is -2.62. The number of rotatable bonds is 7. The first-order chi connectivity index (χ1) is 12.6. The van der Waals surface area contributed by atoms with Crippen LogP contribution in [-0.4, -0.2) is 12.5 Å². The molecule has 0 bridgehead atoms. The second-order valence-electron chi connectivity index (χ2n) is 6.16. The summed E-state index contributed by atoms with van der Waals surface area (Å²) < 4.78 is 0. The summed E-state index contributed by atoms with van der Waals surface area (Å²) in [6.07, 6.45) is 0.983. The summed E-state index contributed by atoms with van der Waals surface area (Å²) in [5, 5.41) is 4.14. The molecule has 0 aromatic heterocycles. The molecule has 0 heterocycles. The Morgan fingerprint density at radius 1 is 0.923 bits per heavy atom. The number of nitrogens with one attached hydrogen (secondary N) is 1. The molecule has 0 aliphatic carbocycles. The van der Waals surface area contributed by atoms with E-state index in [-0.39, 0.29) is 0 Å². The van der Waals surface area contributed by atoms with Crippen molar-refractivity contribution in [3.05, 3.63) is 94.5 Å². The van der Waals surface area contributed by atoms with Crippen molar-refractivity contribution in [1.82, 2.24) is 5.32 Å². The fraction of sp³-hybridized carbons (Fsp3) is 0.136. The number of primary amides is 1. The van der Waals surface area contributed by atoms with Crippen LogP contribution in [0.25, 0.3) is 11.1 Å². The van der Waals surface area contributed by atoms with E-state index >= 15 is 0 Å². The Kier molecular flexibility index (Phi) is 6.05. The van der Waals surface area contributed by atoms with Gasteiger partial charge in [-0.05, 0) is 53.4 Å². The Bertz CT molecular complexity index is 894. The highest BCUT2D eigenvalue weighted by Gasteiger charge is 2.06. The van der Waals surface area contributed by atoms with Crippen molar-refractivity contribution in [1.29, 1.82) is 0 Å². The third-order valence-electron chi connectivity index (χ3n) is 4.28. The Morgan fingerprint density at radius 2 is 1.69 bits per heavy atom. The second kappa shape index (κ2) is 8.65. The van der Waals surface area contributed by atoms with E-state index in [1.807, 2.05) is 36.4 Å². The third kappa shape index (κ3) is 4.72. The number of hydrogen-bond donors (Lipinski definition) is 2. The number of benzene rings is 3. The number of carbonyl (C=O) groups is 1. The van der Waals surface area contributed by atoms with Crippen LogP contribution >= 0.6 is 11.6 Å². The quantitative estimate of drug-likeness (QED) is 0.609. The first kappa shape index (κ1) is 18.2. The molecule has 0 radical (unpaired) electrons. The summed E-state index contributed by atoms with van der Waals surface area (Å²) >= 11 is 6.45. The van der Waals surface area contributed by atoms with Gasteiger partial charge in [-0.2, -0.15) is 0 Å². The monoisotopic (exact) mass is 364 g/mol. The molecule has 1 amide bonds. The van der Waals surface area contributed by atoms with Gasteiger partial charge < -0.3 is 11.1 Å². The number of nitrogens with two attached hydrogens (primary N) is 1. The maximum Gasteiger partial charge on any atom is 0.248 e. The minimum atomic E-state index is -0.433. The number of carbonyl (C=O) groups excluding carboxylic acids is 1. The van der Waals surface area contributed by atoms with Crippen molar-refractivity contribution in [3.63, 3.8) is 0 Å². The molecule has 0 aliphatic rings. The van der Waals surface area contributed by atoms with Crippen LogP contribution in [0.2, 0.25) is 5.02 Å². The molecule has 0 saturated carbocycles. The molecule has 0 fully saturated rings. The molecule has 3 aromatic rings. The summed E-state index contributed by atoms with van der Waals surface area (Å²) in [7, 11) is 0. The fourth-order valence-electron chi connectivity index (χ4n) is 2.82.